The summed E-state index contributed by atoms with van der Waals surface area (Å²) in [4.78, 5) is 34.6. The third-order valence-electron chi connectivity index (χ3n) is 6.86. The van der Waals surface area contributed by atoms with Crippen LogP contribution in [0.4, 0.5) is 0 Å². The second kappa shape index (κ2) is 20.2. The molecule has 0 aliphatic carbocycles. The van der Waals surface area contributed by atoms with Gasteiger partial charge in [-0.15, -0.1) is 0 Å². The predicted octanol–water partition coefficient (Wildman–Crippen LogP) is 12.7. The van der Waals surface area contributed by atoms with E-state index in [1.807, 2.05) is 109 Å². The van der Waals surface area contributed by atoms with Gasteiger partial charge in [-0.2, -0.15) is 29.9 Å². The van der Waals surface area contributed by atoms with Crippen LogP contribution in [-0.2, 0) is 0 Å². The van der Waals surface area contributed by atoms with E-state index in [2.05, 4.69) is 103 Å². The molecule has 0 amide bonds. The Morgan fingerprint density at radius 1 is 0.185 bits per heavy atom. The van der Waals surface area contributed by atoms with Gasteiger partial charge in [-0.25, -0.2) is 0 Å². The second-order valence-corrected chi connectivity index (χ2v) is 17.1. The molecule has 12 heteroatoms. The van der Waals surface area contributed by atoms with E-state index in [0.29, 0.717) is 30.9 Å². The lowest BCUT2D eigenvalue weighted by molar-refractivity contribution is 0.717. The molecule has 264 valence electrons. The lowest BCUT2D eigenvalue weighted by Crippen LogP contribution is -1.96. The summed E-state index contributed by atoms with van der Waals surface area (Å²) in [6.45, 7) is 0. The molecule has 0 saturated heterocycles. The Morgan fingerprint density at radius 3 is 0.444 bits per heavy atom. The van der Waals surface area contributed by atoms with Gasteiger partial charge in [0.15, 0.2) is 30.9 Å². The fourth-order valence-electron chi connectivity index (χ4n) is 4.48. The summed E-state index contributed by atoms with van der Waals surface area (Å²) < 4.78 is 0. The van der Waals surface area contributed by atoms with Crippen LogP contribution in [0.15, 0.2) is 242 Å². The molecule has 6 aromatic carbocycles. The maximum atomic E-state index is 4.66. The number of nitrogens with zero attached hydrogens (tertiary/aromatic N) is 6. The highest BCUT2D eigenvalue weighted by molar-refractivity contribution is 8.01. The molecule has 0 unspecified atom stereocenters. The summed E-state index contributed by atoms with van der Waals surface area (Å²) >= 11 is 9.29. The van der Waals surface area contributed by atoms with Gasteiger partial charge in [0.2, 0.25) is 0 Å². The summed E-state index contributed by atoms with van der Waals surface area (Å²) in [5, 5.41) is 4.21. The molecule has 8 rings (SSSR count). The summed E-state index contributed by atoms with van der Waals surface area (Å²) in [5.74, 6) is 0. The largest absolute Gasteiger partial charge is 0.197 e. The molecule has 0 saturated carbocycles. The van der Waals surface area contributed by atoms with E-state index in [4.69, 9.17) is 0 Å². The van der Waals surface area contributed by atoms with Gasteiger partial charge in [-0.1, -0.05) is 109 Å². The number of hydrogen-bond donors (Lipinski definition) is 0. The minimum Gasteiger partial charge on any atom is -0.196 e. The van der Waals surface area contributed by atoms with Gasteiger partial charge in [-0.05, 0) is 143 Å². The van der Waals surface area contributed by atoms with Crippen molar-refractivity contribution in [2.24, 2.45) is 0 Å². The van der Waals surface area contributed by atoms with Crippen LogP contribution in [0.3, 0.4) is 0 Å². The van der Waals surface area contributed by atoms with Crippen molar-refractivity contribution >= 4 is 70.6 Å². The van der Waals surface area contributed by atoms with Gasteiger partial charge in [-0.3, -0.25) is 0 Å². The molecule has 0 bridgehead atoms. The molecule has 0 atom stereocenters. The first-order chi connectivity index (χ1) is 26.7. The van der Waals surface area contributed by atoms with E-state index >= 15 is 0 Å². The fourth-order valence-corrected chi connectivity index (χ4v) is 9.43. The zero-order valence-corrected chi connectivity index (χ0v) is 33.4. The molecule has 0 aliphatic heterocycles. The van der Waals surface area contributed by atoms with Crippen LogP contribution in [0.25, 0.3) is 0 Å². The van der Waals surface area contributed by atoms with Crippen LogP contribution < -0.4 is 0 Å². The third-order valence-corrected chi connectivity index (χ3v) is 12.1. The van der Waals surface area contributed by atoms with Gasteiger partial charge in [0, 0.05) is 29.4 Å². The Morgan fingerprint density at radius 2 is 0.315 bits per heavy atom. The second-order valence-electron chi connectivity index (χ2n) is 10.9. The van der Waals surface area contributed by atoms with Crippen LogP contribution >= 0.6 is 70.6 Å². The smallest absolute Gasteiger partial charge is 0.196 e. The molecule has 8 aromatic rings. The lowest BCUT2D eigenvalue weighted by atomic mass is 10.4. The highest BCUT2D eigenvalue weighted by Crippen LogP contribution is 2.34. The fraction of sp³-hybridized carbons (Fsp3) is 0. The van der Waals surface area contributed by atoms with E-state index in [0.717, 1.165) is 29.4 Å². The van der Waals surface area contributed by atoms with E-state index < -0.39 is 0 Å². The zero-order valence-electron chi connectivity index (χ0n) is 28.5. The molecule has 2 aromatic heterocycles. The van der Waals surface area contributed by atoms with Gasteiger partial charge >= 0.3 is 0 Å². The van der Waals surface area contributed by atoms with Gasteiger partial charge in [0.1, 0.15) is 0 Å². The third kappa shape index (κ3) is 12.2. The van der Waals surface area contributed by atoms with E-state index in [9.17, 15) is 0 Å². The first kappa shape index (κ1) is 37.7. The zero-order chi connectivity index (χ0) is 36.6. The number of rotatable bonds is 12. The van der Waals surface area contributed by atoms with Gasteiger partial charge in [0.25, 0.3) is 0 Å². The maximum absolute atomic E-state index is 4.66. The van der Waals surface area contributed by atoms with Gasteiger partial charge in [0.05, 0.1) is 0 Å². The molecule has 0 fully saturated rings. The topological polar surface area (TPSA) is 77.3 Å². The molecule has 0 N–H and O–H groups in total. The molecule has 0 aliphatic rings. The van der Waals surface area contributed by atoms with Crippen LogP contribution in [0.1, 0.15) is 0 Å². The highest BCUT2D eigenvalue weighted by atomic mass is 32.2. The quantitative estimate of drug-likeness (QED) is 0.118. The van der Waals surface area contributed by atoms with Crippen molar-refractivity contribution in [2.45, 2.75) is 60.3 Å². The SMILES string of the molecule is c1ccc(Sc2nc(Sc3ccccc3)nc(Sc3ccccc3)n2)cc1.c1ccc(Sc2nc(Sc3ccccc3)nc(Sc3ccccc3)n2)cc1. The first-order valence-electron chi connectivity index (χ1n) is 16.6. The normalized spacial score (nSPS) is 10.7. The summed E-state index contributed by atoms with van der Waals surface area (Å²) in [6.07, 6.45) is 0. The Labute approximate surface area is 340 Å². The Balaban J connectivity index is 0.000000167. The summed E-state index contributed by atoms with van der Waals surface area (Å²) in [5.41, 5.74) is 0. The Hall–Kier alpha value is -4.56. The number of benzene rings is 6. The molecule has 0 radical (unpaired) electrons. The average molecular weight is 811 g/mol. The van der Waals surface area contributed by atoms with Crippen molar-refractivity contribution in [3.63, 3.8) is 0 Å². The van der Waals surface area contributed by atoms with E-state index in [-0.39, 0.29) is 0 Å². The van der Waals surface area contributed by atoms with Crippen molar-refractivity contribution < 1.29 is 0 Å². The molecular formula is C42H30N6S6. The first-order valence-corrected chi connectivity index (χ1v) is 21.5. The van der Waals surface area contributed by atoms with E-state index in [1.165, 1.54) is 0 Å². The van der Waals surface area contributed by atoms with Crippen molar-refractivity contribution in [1.29, 1.82) is 0 Å². The van der Waals surface area contributed by atoms with Crippen LogP contribution in [-0.4, -0.2) is 29.9 Å². The summed E-state index contributed by atoms with van der Waals surface area (Å²) in [7, 11) is 0. The molecule has 0 spiro atoms. The van der Waals surface area contributed by atoms with Crippen LogP contribution in [0, 0.1) is 0 Å². The van der Waals surface area contributed by atoms with Crippen molar-refractivity contribution in [1.82, 2.24) is 29.9 Å². The number of aromatic nitrogens is 6. The molecule has 54 heavy (non-hydrogen) atoms. The number of hydrogen-bond acceptors (Lipinski definition) is 12. The van der Waals surface area contributed by atoms with Crippen molar-refractivity contribution in [3.05, 3.63) is 182 Å². The van der Waals surface area contributed by atoms with E-state index in [1.54, 1.807) is 70.6 Å². The minimum atomic E-state index is 0.702. The Bertz CT molecular complexity index is 1870. The van der Waals surface area contributed by atoms with Crippen LogP contribution in [0.2, 0.25) is 0 Å². The molecular weight excluding hydrogens is 781 g/mol. The monoisotopic (exact) mass is 810 g/mol. The van der Waals surface area contributed by atoms with Gasteiger partial charge < -0.3 is 0 Å². The summed E-state index contributed by atoms with van der Waals surface area (Å²) in [6, 6.07) is 60.9. The standard InChI is InChI=1S/2C21H15N3S3/c2*1-4-10-16(11-5-1)25-19-22-20(26-17-12-6-2-7-13-17)24-21(23-19)27-18-14-8-3-9-15-18/h2*1-15H. The molecule has 2 heterocycles. The minimum absolute atomic E-state index is 0.702. The average Bonchev–Trinajstić information content (AvgIpc) is 3.20. The molecule has 6 nitrogen and oxygen atoms in total. The highest BCUT2D eigenvalue weighted by Gasteiger charge is 2.13. The van der Waals surface area contributed by atoms with Crippen molar-refractivity contribution in [3.8, 4) is 0 Å². The Kier molecular flexibility index (Phi) is 14.1. The van der Waals surface area contributed by atoms with Crippen LogP contribution in [0.5, 0.6) is 0 Å². The predicted molar refractivity (Wildman–Crippen MR) is 223 cm³/mol. The maximum Gasteiger partial charge on any atom is 0.197 e. The lowest BCUT2D eigenvalue weighted by Gasteiger charge is -2.07. The van der Waals surface area contributed by atoms with Crippen molar-refractivity contribution in [2.75, 3.05) is 0 Å².